The Hall–Kier alpha value is -1.55. The molecule has 0 saturated carbocycles. The summed E-state index contributed by atoms with van der Waals surface area (Å²) < 4.78 is 4.31. The van der Waals surface area contributed by atoms with E-state index >= 15 is 0 Å². The molecule has 2 aromatic rings. The van der Waals surface area contributed by atoms with E-state index in [9.17, 15) is 0 Å². The molecule has 0 amide bonds. The summed E-state index contributed by atoms with van der Waals surface area (Å²) in [7, 11) is 0. The minimum absolute atomic E-state index is 0.693. The fourth-order valence-electron chi connectivity index (χ4n) is 2.39. The Morgan fingerprint density at radius 2 is 2.15 bits per heavy atom. The highest BCUT2D eigenvalue weighted by atomic mass is 15.3. The van der Waals surface area contributed by atoms with Crippen LogP contribution in [-0.4, -0.2) is 20.9 Å². The molecule has 2 rings (SSSR count). The molecule has 0 aliphatic rings. The van der Waals surface area contributed by atoms with Gasteiger partial charge in [0.2, 0.25) is 0 Å². The zero-order chi connectivity index (χ0) is 14.5. The van der Waals surface area contributed by atoms with Crippen LogP contribution in [0.3, 0.4) is 0 Å². The maximum absolute atomic E-state index is 4.49. The molecule has 20 heavy (non-hydrogen) atoms. The van der Waals surface area contributed by atoms with Gasteiger partial charge in [0.05, 0.1) is 17.9 Å². The summed E-state index contributed by atoms with van der Waals surface area (Å²) in [5.41, 5.74) is 3.69. The molecule has 0 aliphatic carbocycles. The van der Waals surface area contributed by atoms with Crippen LogP contribution in [0.15, 0.2) is 24.5 Å². The standard InChI is InChI=1S/C16H26N4/c1-5-20-16(8-14(4)18-20)12-19-7-6-15(11-19)10-17-9-13(2)3/h6-8,11,13,17H,5,9-10,12H2,1-4H3. The molecule has 0 saturated heterocycles. The van der Waals surface area contributed by atoms with Crippen LogP contribution in [0.4, 0.5) is 0 Å². The first-order chi connectivity index (χ1) is 9.58. The highest BCUT2D eigenvalue weighted by molar-refractivity contribution is 5.14. The maximum Gasteiger partial charge on any atom is 0.0639 e. The fourth-order valence-corrected chi connectivity index (χ4v) is 2.39. The van der Waals surface area contributed by atoms with E-state index in [2.05, 4.69) is 65.0 Å². The first-order valence-corrected chi connectivity index (χ1v) is 7.47. The lowest BCUT2D eigenvalue weighted by atomic mass is 10.2. The predicted octanol–water partition coefficient (Wildman–Crippen LogP) is 2.81. The molecular formula is C16H26N4. The van der Waals surface area contributed by atoms with Crippen molar-refractivity contribution in [1.82, 2.24) is 19.7 Å². The SMILES string of the molecule is CCn1nc(C)cc1Cn1ccc(CNCC(C)C)c1. The third kappa shape index (κ3) is 3.97. The van der Waals surface area contributed by atoms with Crippen molar-refractivity contribution >= 4 is 0 Å². The van der Waals surface area contributed by atoms with Crippen LogP contribution >= 0.6 is 0 Å². The molecule has 0 bridgehead atoms. The lowest BCUT2D eigenvalue weighted by Gasteiger charge is -2.07. The molecule has 2 aromatic heterocycles. The van der Waals surface area contributed by atoms with Gasteiger partial charge in [0, 0.05) is 25.5 Å². The topological polar surface area (TPSA) is 34.8 Å². The Balaban J connectivity index is 1.95. The second-order valence-electron chi connectivity index (χ2n) is 5.81. The Labute approximate surface area is 121 Å². The number of hydrogen-bond donors (Lipinski definition) is 1. The van der Waals surface area contributed by atoms with Crippen LogP contribution in [0.1, 0.15) is 37.7 Å². The molecule has 0 radical (unpaired) electrons. The summed E-state index contributed by atoms with van der Waals surface area (Å²) >= 11 is 0. The smallest absolute Gasteiger partial charge is 0.0639 e. The second-order valence-corrected chi connectivity index (χ2v) is 5.81. The van der Waals surface area contributed by atoms with Gasteiger partial charge in [-0.15, -0.1) is 0 Å². The number of nitrogens with zero attached hydrogens (tertiary/aromatic N) is 3. The van der Waals surface area contributed by atoms with E-state index < -0.39 is 0 Å². The van der Waals surface area contributed by atoms with Crippen LogP contribution in [0.2, 0.25) is 0 Å². The van der Waals surface area contributed by atoms with Gasteiger partial charge in [-0.2, -0.15) is 5.10 Å². The van der Waals surface area contributed by atoms with Crippen LogP contribution in [0.25, 0.3) is 0 Å². The number of aryl methyl sites for hydroxylation is 2. The van der Waals surface area contributed by atoms with Crippen molar-refractivity contribution in [2.45, 2.75) is 47.3 Å². The highest BCUT2D eigenvalue weighted by Gasteiger charge is 2.05. The van der Waals surface area contributed by atoms with E-state index in [4.69, 9.17) is 0 Å². The lowest BCUT2D eigenvalue weighted by molar-refractivity contribution is 0.551. The molecule has 110 valence electrons. The molecule has 4 nitrogen and oxygen atoms in total. The molecule has 0 aliphatic heterocycles. The first kappa shape index (κ1) is 14.9. The summed E-state index contributed by atoms with van der Waals surface area (Å²) in [5, 5.41) is 7.97. The maximum atomic E-state index is 4.49. The highest BCUT2D eigenvalue weighted by Crippen LogP contribution is 2.09. The zero-order valence-corrected chi connectivity index (χ0v) is 13.1. The first-order valence-electron chi connectivity index (χ1n) is 7.47. The van der Waals surface area contributed by atoms with E-state index in [1.807, 2.05) is 6.92 Å². The average molecular weight is 274 g/mol. The normalized spacial score (nSPS) is 11.4. The van der Waals surface area contributed by atoms with Crippen LogP contribution in [-0.2, 0) is 19.6 Å². The number of rotatable bonds is 7. The van der Waals surface area contributed by atoms with E-state index in [-0.39, 0.29) is 0 Å². The molecule has 1 N–H and O–H groups in total. The predicted molar refractivity (Wildman–Crippen MR) is 82.7 cm³/mol. The molecule has 0 atom stereocenters. The Morgan fingerprint density at radius 1 is 1.35 bits per heavy atom. The fraction of sp³-hybridized carbons (Fsp3) is 0.562. The van der Waals surface area contributed by atoms with Gasteiger partial charge in [-0.05, 0) is 44.0 Å². The molecular weight excluding hydrogens is 248 g/mol. The molecule has 0 fully saturated rings. The average Bonchev–Trinajstić information content (AvgIpc) is 2.96. The van der Waals surface area contributed by atoms with Crippen LogP contribution in [0.5, 0.6) is 0 Å². The third-order valence-corrected chi connectivity index (χ3v) is 3.32. The second kappa shape index (κ2) is 6.75. The van der Waals surface area contributed by atoms with E-state index in [0.29, 0.717) is 5.92 Å². The van der Waals surface area contributed by atoms with E-state index in [0.717, 1.165) is 31.9 Å². The van der Waals surface area contributed by atoms with Gasteiger partial charge in [-0.3, -0.25) is 4.68 Å². The van der Waals surface area contributed by atoms with Gasteiger partial charge >= 0.3 is 0 Å². The molecule has 0 unspecified atom stereocenters. The third-order valence-electron chi connectivity index (χ3n) is 3.32. The van der Waals surface area contributed by atoms with Crippen molar-refractivity contribution in [1.29, 1.82) is 0 Å². The summed E-state index contributed by atoms with van der Waals surface area (Å²) in [6, 6.07) is 4.35. The zero-order valence-electron chi connectivity index (χ0n) is 13.1. The van der Waals surface area contributed by atoms with Crippen molar-refractivity contribution in [2.75, 3.05) is 6.54 Å². The van der Waals surface area contributed by atoms with Crippen LogP contribution in [0, 0.1) is 12.8 Å². The van der Waals surface area contributed by atoms with Crippen molar-refractivity contribution in [2.24, 2.45) is 5.92 Å². The monoisotopic (exact) mass is 274 g/mol. The van der Waals surface area contributed by atoms with Crippen LogP contribution < -0.4 is 5.32 Å². The van der Waals surface area contributed by atoms with Crippen molar-refractivity contribution in [3.05, 3.63) is 41.5 Å². The number of nitrogens with one attached hydrogen (secondary N) is 1. The Morgan fingerprint density at radius 3 is 2.85 bits per heavy atom. The molecule has 4 heteroatoms. The number of hydrogen-bond acceptors (Lipinski definition) is 2. The van der Waals surface area contributed by atoms with Crippen molar-refractivity contribution in [3.63, 3.8) is 0 Å². The molecule has 0 spiro atoms. The molecule has 0 aromatic carbocycles. The van der Waals surface area contributed by atoms with Gasteiger partial charge in [-0.1, -0.05) is 13.8 Å². The Kier molecular flexibility index (Phi) is 5.01. The molecule has 2 heterocycles. The lowest BCUT2D eigenvalue weighted by Crippen LogP contribution is -2.18. The van der Waals surface area contributed by atoms with E-state index in [1.54, 1.807) is 0 Å². The summed E-state index contributed by atoms with van der Waals surface area (Å²) in [6.07, 6.45) is 4.37. The van der Waals surface area contributed by atoms with Crippen molar-refractivity contribution in [3.8, 4) is 0 Å². The summed E-state index contributed by atoms with van der Waals surface area (Å²) in [5.74, 6) is 0.693. The largest absolute Gasteiger partial charge is 0.348 e. The Bertz CT molecular complexity index is 536. The summed E-state index contributed by atoms with van der Waals surface area (Å²) in [4.78, 5) is 0. The van der Waals surface area contributed by atoms with Gasteiger partial charge in [0.25, 0.3) is 0 Å². The van der Waals surface area contributed by atoms with Gasteiger partial charge in [-0.25, -0.2) is 0 Å². The van der Waals surface area contributed by atoms with Gasteiger partial charge in [0.15, 0.2) is 0 Å². The number of aromatic nitrogens is 3. The quantitative estimate of drug-likeness (QED) is 0.842. The van der Waals surface area contributed by atoms with Gasteiger partial charge < -0.3 is 9.88 Å². The minimum Gasteiger partial charge on any atom is -0.348 e. The van der Waals surface area contributed by atoms with Gasteiger partial charge in [0.1, 0.15) is 0 Å². The van der Waals surface area contributed by atoms with Crippen molar-refractivity contribution < 1.29 is 0 Å². The minimum atomic E-state index is 0.693. The summed E-state index contributed by atoms with van der Waals surface area (Å²) in [6.45, 7) is 12.5. The van der Waals surface area contributed by atoms with E-state index in [1.165, 1.54) is 11.3 Å².